The Balaban J connectivity index is 1.28. The normalized spacial score (nSPS) is 20.9. The van der Waals surface area contributed by atoms with E-state index in [1.54, 1.807) is 20.8 Å². The van der Waals surface area contributed by atoms with Gasteiger partial charge in [0.1, 0.15) is 11.6 Å². The van der Waals surface area contributed by atoms with Crippen molar-refractivity contribution < 1.29 is 19.0 Å². The number of hydrogen-bond acceptors (Lipinski definition) is 10. The van der Waals surface area contributed by atoms with Gasteiger partial charge in [-0.25, -0.2) is 14.8 Å². The summed E-state index contributed by atoms with van der Waals surface area (Å²) in [5.41, 5.74) is 1.61. The van der Waals surface area contributed by atoms with Gasteiger partial charge in [0, 0.05) is 49.6 Å². The van der Waals surface area contributed by atoms with E-state index in [1.807, 2.05) is 24.4 Å². The molecule has 1 saturated heterocycles. The van der Waals surface area contributed by atoms with E-state index in [0.717, 1.165) is 67.0 Å². The van der Waals surface area contributed by atoms with Crippen LogP contribution in [-0.2, 0) is 19.0 Å². The molecular formula is C33H48N6O4. The molecule has 0 aromatic carbocycles. The zero-order valence-corrected chi connectivity index (χ0v) is 26.4. The smallest absolute Gasteiger partial charge is 0.337 e. The monoisotopic (exact) mass is 592 g/mol. The highest BCUT2D eigenvalue weighted by atomic mass is 16.6. The highest BCUT2D eigenvalue weighted by Crippen LogP contribution is 2.31. The highest BCUT2D eigenvalue weighted by Gasteiger charge is 2.33. The van der Waals surface area contributed by atoms with Gasteiger partial charge in [0.15, 0.2) is 5.60 Å². The van der Waals surface area contributed by atoms with E-state index in [2.05, 4.69) is 46.9 Å². The van der Waals surface area contributed by atoms with Crippen molar-refractivity contribution in [1.82, 2.24) is 15.3 Å². The molecular weight excluding hydrogens is 544 g/mol. The van der Waals surface area contributed by atoms with Crippen LogP contribution in [0, 0.1) is 23.7 Å². The van der Waals surface area contributed by atoms with Crippen LogP contribution in [0.1, 0.15) is 71.8 Å². The van der Waals surface area contributed by atoms with Gasteiger partial charge >= 0.3 is 5.97 Å². The minimum Gasteiger partial charge on any atom is -0.464 e. The van der Waals surface area contributed by atoms with Crippen molar-refractivity contribution in [2.75, 3.05) is 43.6 Å². The van der Waals surface area contributed by atoms with E-state index < -0.39 is 11.0 Å². The van der Waals surface area contributed by atoms with Crippen LogP contribution >= 0.6 is 0 Å². The van der Waals surface area contributed by atoms with E-state index in [9.17, 15) is 10.1 Å². The Labute approximate surface area is 256 Å². The van der Waals surface area contributed by atoms with Gasteiger partial charge in [0.25, 0.3) is 0 Å². The summed E-state index contributed by atoms with van der Waals surface area (Å²) in [6.07, 6.45) is 7.53. The van der Waals surface area contributed by atoms with Crippen molar-refractivity contribution >= 4 is 17.6 Å². The minimum absolute atomic E-state index is 0.129. The molecule has 10 heteroatoms. The largest absolute Gasteiger partial charge is 0.464 e. The quantitative estimate of drug-likeness (QED) is 0.265. The van der Waals surface area contributed by atoms with E-state index in [-0.39, 0.29) is 12.0 Å². The number of hydrogen-bond donors (Lipinski definition) is 3. The van der Waals surface area contributed by atoms with E-state index in [1.165, 1.54) is 0 Å². The average molecular weight is 593 g/mol. The van der Waals surface area contributed by atoms with Crippen LogP contribution in [0.15, 0.2) is 30.5 Å². The number of aromatic nitrogens is 2. The minimum atomic E-state index is -0.953. The van der Waals surface area contributed by atoms with Gasteiger partial charge in [-0.3, -0.25) is 0 Å². The second-order valence-electron chi connectivity index (χ2n) is 12.5. The molecule has 0 spiro atoms. The molecule has 43 heavy (non-hydrogen) atoms. The van der Waals surface area contributed by atoms with Crippen LogP contribution in [0.3, 0.4) is 0 Å². The molecule has 3 N–H and O–H groups in total. The fourth-order valence-electron chi connectivity index (χ4n) is 5.67. The van der Waals surface area contributed by atoms with Gasteiger partial charge in [-0.2, -0.15) is 5.26 Å². The lowest BCUT2D eigenvalue weighted by molar-refractivity contribution is -0.168. The number of ether oxygens (including phenoxy) is 3. The lowest BCUT2D eigenvalue weighted by Crippen LogP contribution is -2.45. The van der Waals surface area contributed by atoms with Gasteiger partial charge in [-0.05, 0) is 96.9 Å². The summed E-state index contributed by atoms with van der Waals surface area (Å²) in [6, 6.07) is 11.4. The predicted octanol–water partition coefficient (Wildman–Crippen LogP) is 5.24. The Bertz CT molecular complexity index is 1250. The predicted molar refractivity (Wildman–Crippen MR) is 168 cm³/mol. The molecule has 1 aliphatic heterocycles. The summed E-state index contributed by atoms with van der Waals surface area (Å²) in [5.74, 6) is 1.28. The third-order valence-electron chi connectivity index (χ3n) is 8.48. The fourth-order valence-corrected chi connectivity index (χ4v) is 5.67. The first-order chi connectivity index (χ1) is 20.6. The summed E-state index contributed by atoms with van der Waals surface area (Å²) in [6.45, 7) is 12.0. The second-order valence-corrected chi connectivity index (χ2v) is 12.5. The third-order valence-corrected chi connectivity index (χ3v) is 8.48. The van der Waals surface area contributed by atoms with Crippen molar-refractivity contribution in [2.24, 2.45) is 5.41 Å². The number of nitrogens with one attached hydrogen (secondary N) is 3. The molecule has 1 aliphatic carbocycles. The molecule has 3 heterocycles. The van der Waals surface area contributed by atoms with Gasteiger partial charge in [0.2, 0.25) is 0 Å². The number of nitriles is 1. The van der Waals surface area contributed by atoms with Gasteiger partial charge in [-0.15, -0.1) is 0 Å². The third kappa shape index (κ3) is 9.12. The summed E-state index contributed by atoms with van der Waals surface area (Å²) < 4.78 is 16.5. The number of carbonyl (C=O) groups is 1. The van der Waals surface area contributed by atoms with Crippen molar-refractivity contribution in [3.8, 4) is 17.3 Å². The van der Waals surface area contributed by atoms with Crippen molar-refractivity contribution in [3.63, 3.8) is 0 Å². The van der Waals surface area contributed by atoms with Crippen LogP contribution in [0.25, 0.3) is 11.3 Å². The number of anilines is 2. The Morgan fingerprint density at radius 3 is 2.60 bits per heavy atom. The summed E-state index contributed by atoms with van der Waals surface area (Å²) >= 11 is 0. The summed E-state index contributed by atoms with van der Waals surface area (Å²) in [4.78, 5) is 21.6. The van der Waals surface area contributed by atoms with Gasteiger partial charge < -0.3 is 30.2 Å². The molecule has 1 atom stereocenters. The molecule has 234 valence electrons. The fraction of sp³-hybridized carbons (Fsp3) is 0.636. The van der Waals surface area contributed by atoms with Crippen LogP contribution in [-0.4, -0.2) is 72.6 Å². The zero-order chi connectivity index (χ0) is 30.9. The van der Waals surface area contributed by atoms with Crippen LogP contribution in [0.5, 0.6) is 0 Å². The van der Waals surface area contributed by atoms with Crippen LogP contribution in [0.4, 0.5) is 11.6 Å². The Morgan fingerprint density at radius 2 is 1.91 bits per heavy atom. The Hall–Kier alpha value is -3.26. The number of carbonyl (C=O) groups excluding carboxylic acids is 1. The van der Waals surface area contributed by atoms with Crippen molar-refractivity contribution in [3.05, 3.63) is 36.0 Å². The first-order valence-electron chi connectivity index (χ1n) is 15.6. The van der Waals surface area contributed by atoms with Gasteiger partial charge in [-0.1, -0.05) is 6.07 Å². The molecule has 0 bridgehead atoms. The first kappa shape index (κ1) is 32.6. The van der Waals surface area contributed by atoms with Gasteiger partial charge in [0.05, 0.1) is 30.4 Å². The standard InChI is InChI=1S/C33H48N6O4/c1-6-42-31(40)32(4,5)43-20-24(3)37-25-10-12-26(13-11-25)38-30-18-27(23(2)19-35-30)28-8-7-9-29(39-28)36-22-33(21-34)14-16-41-17-15-33/h7-9,18-19,24-26,37H,6,10-17,20,22H2,1-5H3,(H,35,38)(H,36,39)/t24-,25-,26-/m1/s1. The Morgan fingerprint density at radius 1 is 1.19 bits per heavy atom. The second kappa shape index (κ2) is 15.0. The summed E-state index contributed by atoms with van der Waals surface area (Å²) in [7, 11) is 0. The summed E-state index contributed by atoms with van der Waals surface area (Å²) in [5, 5.41) is 20.5. The molecule has 10 nitrogen and oxygen atoms in total. The molecule has 0 amide bonds. The molecule has 4 rings (SSSR count). The number of esters is 1. The number of nitrogens with zero attached hydrogens (tertiary/aromatic N) is 3. The maximum atomic E-state index is 12.1. The van der Waals surface area contributed by atoms with Crippen molar-refractivity contribution in [1.29, 1.82) is 5.26 Å². The van der Waals surface area contributed by atoms with E-state index >= 15 is 0 Å². The number of pyridine rings is 2. The van der Waals surface area contributed by atoms with E-state index in [4.69, 9.17) is 19.2 Å². The number of rotatable bonds is 13. The topological polar surface area (TPSA) is 130 Å². The van der Waals surface area contributed by atoms with Crippen LogP contribution < -0.4 is 16.0 Å². The average Bonchev–Trinajstić information content (AvgIpc) is 3.02. The first-order valence-corrected chi connectivity index (χ1v) is 15.6. The highest BCUT2D eigenvalue weighted by molar-refractivity contribution is 5.78. The maximum Gasteiger partial charge on any atom is 0.337 e. The molecule has 2 aromatic rings. The molecule has 2 fully saturated rings. The molecule has 0 radical (unpaired) electrons. The van der Waals surface area contributed by atoms with E-state index in [0.29, 0.717) is 45.1 Å². The lowest BCUT2D eigenvalue weighted by atomic mass is 9.82. The number of aryl methyl sites for hydroxylation is 1. The zero-order valence-electron chi connectivity index (χ0n) is 26.4. The molecule has 0 unspecified atom stereocenters. The Kier molecular flexibility index (Phi) is 11.4. The molecule has 2 aromatic heterocycles. The van der Waals surface area contributed by atoms with Crippen molar-refractivity contribution in [2.45, 2.75) is 96.9 Å². The SMILES string of the molecule is CCOC(=O)C(C)(C)OC[C@@H](C)N[C@H]1CC[C@H](Nc2cc(-c3cccc(NCC4(C#N)CCOCC4)n3)c(C)cn2)CC1. The van der Waals surface area contributed by atoms with Crippen LogP contribution in [0.2, 0.25) is 0 Å². The molecule has 2 aliphatic rings. The lowest BCUT2D eigenvalue weighted by Gasteiger charge is -2.33. The maximum absolute atomic E-state index is 12.1. The molecule has 1 saturated carbocycles.